The first-order valence-electron chi connectivity index (χ1n) is 8.42. The molecule has 0 saturated carbocycles. The maximum Gasteiger partial charge on any atom is 0.261 e. The second-order valence-corrected chi connectivity index (χ2v) is 8.28. The topological polar surface area (TPSA) is 90.3 Å². The molecule has 2 aromatic carbocycles. The van der Waals surface area contributed by atoms with Crippen LogP contribution >= 0.6 is 0 Å². The fourth-order valence-corrected chi connectivity index (χ4v) is 4.86. The van der Waals surface area contributed by atoms with Crippen molar-refractivity contribution < 1.29 is 13.2 Å². The van der Waals surface area contributed by atoms with Gasteiger partial charge in [-0.3, -0.25) is 9.52 Å². The number of benzene rings is 2. The average molecular weight is 367 g/mol. The molecule has 0 unspecified atom stereocenters. The van der Waals surface area contributed by atoms with E-state index in [1.165, 1.54) is 0 Å². The number of hydrogen-bond donors (Lipinski definition) is 1. The van der Waals surface area contributed by atoms with Crippen LogP contribution in [-0.4, -0.2) is 20.9 Å². The SMILES string of the molecule is C[C@@H]1C(=O)N2CCCc3cc(S(=O)(=O)Nc4ccccc4C#N)cc1c32. The van der Waals surface area contributed by atoms with Gasteiger partial charge in [-0.2, -0.15) is 5.26 Å². The Hall–Kier alpha value is -2.85. The third kappa shape index (κ3) is 2.45. The predicted molar refractivity (Wildman–Crippen MR) is 97.5 cm³/mol. The molecule has 4 rings (SSSR count). The van der Waals surface area contributed by atoms with E-state index in [-0.39, 0.29) is 28.0 Å². The van der Waals surface area contributed by atoms with Crippen LogP contribution in [-0.2, 0) is 21.2 Å². The minimum atomic E-state index is -3.87. The van der Waals surface area contributed by atoms with Gasteiger partial charge in [-0.25, -0.2) is 8.42 Å². The number of nitriles is 1. The normalized spacial score (nSPS) is 18.4. The highest BCUT2D eigenvalue weighted by Crippen LogP contribution is 2.44. The maximum absolute atomic E-state index is 12.9. The van der Waals surface area contributed by atoms with E-state index in [9.17, 15) is 13.2 Å². The Morgan fingerprint density at radius 1 is 1.27 bits per heavy atom. The lowest BCUT2D eigenvalue weighted by atomic mass is 9.97. The largest absolute Gasteiger partial charge is 0.311 e. The van der Waals surface area contributed by atoms with Crippen LogP contribution < -0.4 is 9.62 Å². The number of anilines is 2. The minimum Gasteiger partial charge on any atom is -0.311 e. The molecule has 26 heavy (non-hydrogen) atoms. The van der Waals surface area contributed by atoms with E-state index in [1.54, 1.807) is 41.3 Å². The lowest BCUT2D eigenvalue weighted by Crippen LogP contribution is -2.32. The number of carbonyl (C=O) groups excluding carboxylic acids is 1. The molecule has 132 valence electrons. The highest BCUT2D eigenvalue weighted by molar-refractivity contribution is 7.92. The van der Waals surface area contributed by atoms with Crippen LogP contribution in [0.5, 0.6) is 0 Å². The number of aryl methyl sites for hydroxylation is 1. The fourth-order valence-electron chi connectivity index (χ4n) is 3.69. The predicted octanol–water partition coefficient (Wildman–Crippen LogP) is 2.76. The number of para-hydroxylation sites is 1. The standard InChI is InChI=1S/C19H17N3O3S/c1-12-16-10-15(9-13-6-4-8-22(18(13)16)19(12)23)26(24,25)21-17-7-3-2-5-14(17)11-20/h2-3,5,7,9-10,12,21H,4,6,8H2,1H3/t12-/m0/s1. The number of amides is 1. The second-order valence-electron chi connectivity index (χ2n) is 6.60. The quantitative estimate of drug-likeness (QED) is 0.903. The second kappa shape index (κ2) is 5.85. The summed E-state index contributed by atoms with van der Waals surface area (Å²) in [6.45, 7) is 2.49. The molecule has 2 aromatic rings. The van der Waals surface area contributed by atoms with Gasteiger partial charge < -0.3 is 4.90 Å². The number of sulfonamides is 1. The number of nitrogens with zero attached hydrogens (tertiary/aromatic N) is 2. The Labute approximate surface area is 152 Å². The van der Waals surface area contributed by atoms with Crippen molar-refractivity contribution in [1.29, 1.82) is 5.26 Å². The van der Waals surface area contributed by atoms with Crippen molar-refractivity contribution in [3.63, 3.8) is 0 Å². The average Bonchev–Trinajstić information content (AvgIpc) is 2.88. The van der Waals surface area contributed by atoms with E-state index in [0.717, 1.165) is 29.7 Å². The molecular weight excluding hydrogens is 350 g/mol. The van der Waals surface area contributed by atoms with Gasteiger partial charge in [-0.1, -0.05) is 12.1 Å². The van der Waals surface area contributed by atoms with Crippen molar-refractivity contribution in [3.8, 4) is 6.07 Å². The summed E-state index contributed by atoms with van der Waals surface area (Å²) in [7, 11) is -3.87. The summed E-state index contributed by atoms with van der Waals surface area (Å²) < 4.78 is 28.3. The Morgan fingerprint density at radius 3 is 2.81 bits per heavy atom. The van der Waals surface area contributed by atoms with Crippen molar-refractivity contribution >= 4 is 27.3 Å². The van der Waals surface area contributed by atoms with Crippen LogP contribution in [0.15, 0.2) is 41.3 Å². The molecule has 0 spiro atoms. The van der Waals surface area contributed by atoms with Gasteiger partial charge in [-0.15, -0.1) is 0 Å². The molecule has 1 amide bonds. The molecule has 7 heteroatoms. The van der Waals surface area contributed by atoms with Crippen LogP contribution in [0.4, 0.5) is 11.4 Å². The maximum atomic E-state index is 12.9. The van der Waals surface area contributed by atoms with Gasteiger partial charge in [0.15, 0.2) is 0 Å². The van der Waals surface area contributed by atoms with Crippen molar-refractivity contribution in [2.24, 2.45) is 0 Å². The summed E-state index contributed by atoms with van der Waals surface area (Å²) in [5.41, 5.74) is 3.04. The zero-order valence-electron chi connectivity index (χ0n) is 14.2. The molecule has 0 saturated heterocycles. The number of rotatable bonds is 3. The van der Waals surface area contributed by atoms with Crippen molar-refractivity contribution in [2.45, 2.75) is 30.6 Å². The minimum absolute atomic E-state index is 0.0262. The van der Waals surface area contributed by atoms with Gasteiger partial charge in [0.2, 0.25) is 5.91 Å². The summed E-state index contributed by atoms with van der Waals surface area (Å²) in [4.78, 5) is 14.3. The van der Waals surface area contributed by atoms with E-state index >= 15 is 0 Å². The van der Waals surface area contributed by atoms with Crippen molar-refractivity contribution in [2.75, 3.05) is 16.2 Å². The smallest absolute Gasteiger partial charge is 0.261 e. The van der Waals surface area contributed by atoms with E-state index in [2.05, 4.69) is 4.72 Å². The Morgan fingerprint density at radius 2 is 2.04 bits per heavy atom. The first kappa shape index (κ1) is 16.6. The zero-order chi connectivity index (χ0) is 18.5. The summed E-state index contributed by atoms with van der Waals surface area (Å²) in [6.07, 6.45) is 1.57. The fraction of sp³-hybridized carbons (Fsp3) is 0.263. The van der Waals surface area contributed by atoms with Crippen LogP contribution in [0.3, 0.4) is 0 Å². The summed E-state index contributed by atoms with van der Waals surface area (Å²) in [6, 6.07) is 11.7. The van der Waals surface area contributed by atoms with Crippen LogP contribution in [0.2, 0.25) is 0 Å². The number of nitrogens with one attached hydrogen (secondary N) is 1. The Bertz CT molecular complexity index is 1070. The molecule has 0 aromatic heterocycles. The monoisotopic (exact) mass is 367 g/mol. The molecule has 0 aliphatic carbocycles. The first-order valence-corrected chi connectivity index (χ1v) is 9.91. The van der Waals surface area contributed by atoms with Crippen molar-refractivity contribution in [3.05, 3.63) is 53.1 Å². The van der Waals surface area contributed by atoms with E-state index < -0.39 is 10.0 Å². The molecule has 0 bridgehead atoms. The van der Waals surface area contributed by atoms with E-state index in [0.29, 0.717) is 6.54 Å². The number of hydrogen-bond acceptors (Lipinski definition) is 4. The highest BCUT2D eigenvalue weighted by Gasteiger charge is 2.38. The van der Waals surface area contributed by atoms with Crippen LogP contribution in [0, 0.1) is 11.3 Å². The van der Waals surface area contributed by atoms with Crippen LogP contribution in [0.25, 0.3) is 0 Å². The Kier molecular flexibility index (Phi) is 3.74. The molecule has 6 nitrogen and oxygen atoms in total. The van der Waals surface area contributed by atoms with Gasteiger partial charge >= 0.3 is 0 Å². The van der Waals surface area contributed by atoms with Gasteiger partial charge in [-0.05, 0) is 55.2 Å². The van der Waals surface area contributed by atoms with Gasteiger partial charge in [0, 0.05) is 6.54 Å². The third-order valence-corrected chi connectivity index (χ3v) is 6.34. The molecule has 0 fully saturated rings. The molecule has 2 heterocycles. The molecule has 2 aliphatic rings. The van der Waals surface area contributed by atoms with Gasteiger partial charge in [0.25, 0.3) is 10.0 Å². The Balaban J connectivity index is 1.80. The summed E-state index contributed by atoms with van der Waals surface area (Å²) in [5, 5.41) is 9.17. The summed E-state index contributed by atoms with van der Waals surface area (Å²) in [5.74, 6) is -0.318. The number of carbonyl (C=O) groups is 1. The molecule has 2 aliphatic heterocycles. The molecule has 0 radical (unpaired) electrons. The van der Waals surface area contributed by atoms with E-state index in [4.69, 9.17) is 5.26 Å². The van der Waals surface area contributed by atoms with Crippen molar-refractivity contribution in [1.82, 2.24) is 0 Å². The molecule has 1 N–H and O–H groups in total. The molecular formula is C19H17N3O3S. The third-order valence-electron chi connectivity index (χ3n) is 4.99. The lowest BCUT2D eigenvalue weighted by molar-refractivity contribution is -0.119. The first-order chi connectivity index (χ1) is 12.4. The van der Waals surface area contributed by atoms with Gasteiger partial charge in [0.05, 0.1) is 27.8 Å². The van der Waals surface area contributed by atoms with E-state index in [1.807, 2.05) is 13.0 Å². The lowest BCUT2D eigenvalue weighted by Gasteiger charge is -2.26. The zero-order valence-corrected chi connectivity index (χ0v) is 15.0. The highest BCUT2D eigenvalue weighted by atomic mass is 32.2. The summed E-state index contributed by atoms with van der Waals surface area (Å²) >= 11 is 0. The van der Waals surface area contributed by atoms with Gasteiger partial charge in [0.1, 0.15) is 6.07 Å². The van der Waals surface area contributed by atoms with Crippen LogP contribution in [0.1, 0.15) is 36.0 Å². The molecule has 1 atom stereocenters.